The van der Waals surface area contributed by atoms with Crippen molar-refractivity contribution < 1.29 is 4.79 Å². The summed E-state index contributed by atoms with van der Waals surface area (Å²) in [6.45, 7) is 4.78. The quantitative estimate of drug-likeness (QED) is 0.659. The number of carbonyl (C=O) groups is 1. The van der Waals surface area contributed by atoms with Crippen molar-refractivity contribution in [3.05, 3.63) is 59.7 Å². The number of aryl methyl sites for hydroxylation is 1. The summed E-state index contributed by atoms with van der Waals surface area (Å²) >= 11 is 1.34. The van der Waals surface area contributed by atoms with E-state index in [4.69, 9.17) is 5.26 Å². The molecule has 0 saturated carbocycles. The number of nitriles is 1. The maximum Gasteiger partial charge on any atom is 0.234 e. The minimum absolute atomic E-state index is 0.155. The number of thioether (sulfide) groups is 1. The van der Waals surface area contributed by atoms with Crippen molar-refractivity contribution in [3.8, 4) is 17.5 Å². The van der Waals surface area contributed by atoms with Crippen molar-refractivity contribution >= 4 is 23.4 Å². The Morgan fingerprint density at radius 2 is 2.04 bits per heavy atom. The molecular weight excluding hydrogens is 358 g/mol. The highest BCUT2D eigenvalue weighted by atomic mass is 32.2. The van der Waals surface area contributed by atoms with Crippen molar-refractivity contribution in [2.75, 3.05) is 11.1 Å². The number of hydrogen-bond donors (Lipinski definition) is 1. The molecule has 27 heavy (non-hydrogen) atoms. The molecule has 1 amide bonds. The topological polar surface area (TPSA) is 83.6 Å². The van der Waals surface area contributed by atoms with Crippen LogP contribution >= 0.6 is 11.8 Å². The summed E-state index contributed by atoms with van der Waals surface area (Å²) in [4.78, 5) is 12.2. The number of benzene rings is 2. The second-order valence-corrected chi connectivity index (χ2v) is 6.89. The Labute approximate surface area is 162 Å². The van der Waals surface area contributed by atoms with Crippen LogP contribution in [0.5, 0.6) is 0 Å². The molecule has 1 heterocycles. The zero-order valence-electron chi connectivity index (χ0n) is 15.1. The molecule has 0 radical (unpaired) electrons. The normalized spacial score (nSPS) is 10.4. The van der Waals surface area contributed by atoms with Crippen LogP contribution in [0.3, 0.4) is 0 Å². The SMILES string of the molecule is CCn1c(SCC(=O)Nc2cccc(C#N)c2)nnc1-c1cccc(C)c1. The molecule has 136 valence electrons. The molecule has 3 aromatic rings. The lowest BCUT2D eigenvalue weighted by molar-refractivity contribution is -0.113. The number of anilines is 1. The van der Waals surface area contributed by atoms with Crippen molar-refractivity contribution in [2.45, 2.75) is 25.5 Å². The number of rotatable bonds is 6. The summed E-state index contributed by atoms with van der Waals surface area (Å²) in [5.74, 6) is 0.853. The molecule has 1 aromatic heterocycles. The van der Waals surface area contributed by atoms with Crippen LogP contribution in [-0.2, 0) is 11.3 Å². The summed E-state index contributed by atoms with van der Waals surface area (Å²) in [7, 11) is 0. The van der Waals surface area contributed by atoms with Gasteiger partial charge in [-0.05, 0) is 38.1 Å². The highest BCUT2D eigenvalue weighted by molar-refractivity contribution is 7.99. The molecule has 0 unspecified atom stereocenters. The van der Waals surface area contributed by atoms with Gasteiger partial charge in [0.25, 0.3) is 0 Å². The van der Waals surface area contributed by atoms with Gasteiger partial charge < -0.3 is 9.88 Å². The first-order chi connectivity index (χ1) is 13.1. The molecule has 0 aliphatic rings. The van der Waals surface area contributed by atoms with Crippen LogP contribution in [0.15, 0.2) is 53.7 Å². The average molecular weight is 377 g/mol. The molecule has 0 bridgehead atoms. The van der Waals surface area contributed by atoms with E-state index in [1.165, 1.54) is 11.8 Å². The van der Waals surface area contributed by atoms with E-state index in [0.29, 0.717) is 23.0 Å². The van der Waals surface area contributed by atoms with Gasteiger partial charge in [-0.25, -0.2) is 0 Å². The van der Waals surface area contributed by atoms with E-state index in [1.54, 1.807) is 24.3 Å². The highest BCUT2D eigenvalue weighted by Crippen LogP contribution is 2.24. The van der Waals surface area contributed by atoms with Gasteiger partial charge in [0, 0.05) is 17.8 Å². The van der Waals surface area contributed by atoms with E-state index in [9.17, 15) is 4.79 Å². The van der Waals surface area contributed by atoms with Crippen LogP contribution < -0.4 is 5.32 Å². The summed E-state index contributed by atoms with van der Waals surface area (Å²) in [5.41, 5.74) is 3.28. The fourth-order valence-electron chi connectivity index (χ4n) is 2.67. The first-order valence-electron chi connectivity index (χ1n) is 8.53. The smallest absolute Gasteiger partial charge is 0.234 e. The second kappa shape index (κ2) is 8.52. The van der Waals surface area contributed by atoms with Crippen LogP contribution in [0.4, 0.5) is 5.69 Å². The first-order valence-corrected chi connectivity index (χ1v) is 9.52. The van der Waals surface area contributed by atoms with Crippen molar-refractivity contribution in [2.24, 2.45) is 0 Å². The summed E-state index contributed by atoms with van der Waals surface area (Å²) < 4.78 is 2.00. The highest BCUT2D eigenvalue weighted by Gasteiger charge is 2.14. The fourth-order valence-corrected chi connectivity index (χ4v) is 3.47. The van der Waals surface area contributed by atoms with E-state index in [1.807, 2.05) is 36.6 Å². The standard InChI is InChI=1S/C20H19N5OS/c1-3-25-19(16-8-4-6-14(2)10-16)23-24-20(25)27-13-18(26)22-17-9-5-7-15(11-17)12-21/h4-11H,3,13H2,1-2H3,(H,22,26). The van der Waals surface area contributed by atoms with Gasteiger partial charge in [-0.2, -0.15) is 5.26 Å². The van der Waals surface area contributed by atoms with Crippen molar-refractivity contribution in [3.63, 3.8) is 0 Å². The molecule has 2 aromatic carbocycles. The molecule has 0 aliphatic heterocycles. The van der Waals surface area contributed by atoms with E-state index in [0.717, 1.165) is 17.0 Å². The van der Waals surface area contributed by atoms with Gasteiger partial charge in [0.1, 0.15) is 0 Å². The average Bonchev–Trinajstić information content (AvgIpc) is 3.09. The minimum atomic E-state index is -0.155. The van der Waals surface area contributed by atoms with Gasteiger partial charge in [0.2, 0.25) is 5.91 Å². The monoisotopic (exact) mass is 377 g/mol. The predicted octanol–water partition coefficient (Wildman–Crippen LogP) is 3.88. The third kappa shape index (κ3) is 4.54. The lowest BCUT2D eigenvalue weighted by Gasteiger charge is -2.08. The summed E-state index contributed by atoms with van der Waals surface area (Å²) in [6.07, 6.45) is 0. The fraction of sp³-hybridized carbons (Fsp3) is 0.200. The molecule has 1 N–H and O–H groups in total. The number of nitrogens with zero attached hydrogens (tertiary/aromatic N) is 4. The van der Waals surface area contributed by atoms with E-state index in [-0.39, 0.29) is 11.7 Å². The Balaban J connectivity index is 1.69. The Hall–Kier alpha value is -3.11. The molecule has 3 rings (SSSR count). The molecule has 7 heteroatoms. The maximum absolute atomic E-state index is 12.2. The van der Waals surface area contributed by atoms with Crippen molar-refractivity contribution in [1.82, 2.24) is 14.8 Å². The maximum atomic E-state index is 12.2. The Morgan fingerprint density at radius 3 is 2.78 bits per heavy atom. The number of amides is 1. The first kappa shape index (κ1) is 18.7. The Kier molecular flexibility index (Phi) is 5.89. The lowest BCUT2D eigenvalue weighted by atomic mass is 10.1. The lowest BCUT2D eigenvalue weighted by Crippen LogP contribution is -2.14. The zero-order valence-corrected chi connectivity index (χ0v) is 16.0. The molecular formula is C20H19N5OS. The minimum Gasteiger partial charge on any atom is -0.325 e. The number of aromatic nitrogens is 3. The predicted molar refractivity (Wildman–Crippen MR) is 106 cm³/mol. The largest absolute Gasteiger partial charge is 0.325 e. The third-order valence-electron chi connectivity index (χ3n) is 3.92. The van der Waals surface area contributed by atoms with Gasteiger partial charge in [0.05, 0.1) is 17.4 Å². The number of nitrogens with one attached hydrogen (secondary N) is 1. The zero-order chi connectivity index (χ0) is 19.2. The van der Waals surface area contributed by atoms with Gasteiger partial charge >= 0.3 is 0 Å². The summed E-state index contributed by atoms with van der Waals surface area (Å²) in [5, 5.41) is 21.0. The van der Waals surface area contributed by atoms with Gasteiger partial charge in [0.15, 0.2) is 11.0 Å². The van der Waals surface area contributed by atoms with Crippen LogP contribution in [-0.4, -0.2) is 26.4 Å². The Morgan fingerprint density at radius 1 is 1.22 bits per heavy atom. The van der Waals surface area contributed by atoms with Crippen LogP contribution in [0.25, 0.3) is 11.4 Å². The van der Waals surface area contributed by atoms with Gasteiger partial charge in [-0.15, -0.1) is 10.2 Å². The van der Waals surface area contributed by atoms with E-state index in [2.05, 4.69) is 27.6 Å². The third-order valence-corrected chi connectivity index (χ3v) is 4.88. The Bertz CT molecular complexity index is 1010. The molecule has 0 spiro atoms. The number of hydrogen-bond acceptors (Lipinski definition) is 5. The van der Waals surface area contributed by atoms with E-state index >= 15 is 0 Å². The second-order valence-electron chi connectivity index (χ2n) is 5.95. The molecule has 0 fully saturated rings. The van der Waals surface area contributed by atoms with Gasteiger partial charge in [-0.1, -0.05) is 41.6 Å². The molecule has 0 aliphatic carbocycles. The van der Waals surface area contributed by atoms with Crippen LogP contribution in [0.1, 0.15) is 18.1 Å². The summed E-state index contributed by atoms with van der Waals surface area (Å²) in [6, 6.07) is 17.0. The van der Waals surface area contributed by atoms with Gasteiger partial charge in [-0.3, -0.25) is 4.79 Å². The van der Waals surface area contributed by atoms with Crippen LogP contribution in [0.2, 0.25) is 0 Å². The van der Waals surface area contributed by atoms with Crippen molar-refractivity contribution in [1.29, 1.82) is 5.26 Å². The molecule has 0 atom stereocenters. The van der Waals surface area contributed by atoms with E-state index < -0.39 is 0 Å². The number of carbonyl (C=O) groups excluding carboxylic acids is 1. The molecule has 0 saturated heterocycles. The van der Waals surface area contributed by atoms with Crippen LogP contribution in [0, 0.1) is 18.3 Å². The molecule has 6 nitrogen and oxygen atoms in total.